The van der Waals surface area contributed by atoms with Crippen LogP contribution < -0.4 is 5.73 Å². The highest BCUT2D eigenvalue weighted by Crippen LogP contribution is 2.21. The van der Waals surface area contributed by atoms with Crippen molar-refractivity contribution >= 4 is 0 Å². The van der Waals surface area contributed by atoms with E-state index in [1.165, 1.54) is 0 Å². The fraction of sp³-hybridized carbons (Fsp3) is 0.357. The molecule has 4 nitrogen and oxygen atoms in total. The zero-order valence-corrected chi connectivity index (χ0v) is 10.2. The highest BCUT2D eigenvalue weighted by Gasteiger charge is 2.20. The molecule has 1 aromatic heterocycles. The summed E-state index contributed by atoms with van der Waals surface area (Å²) in [6, 6.07) is 10.3. The molecule has 0 aliphatic carbocycles. The zero-order valence-electron chi connectivity index (χ0n) is 10.2. The van der Waals surface area contributed by atoms with Crippen molar-refractivity contribution in [1.29, 1.82) is 0 Å². The van der Waals surface area contributed by atoms with Gasteiger partial charge in [0.05, 0.1) is 12.7 Å². The Morgan fingerprint density at radius 3 is 2.89 bits per heavy atom. The van der Waals surface area contributed by atoms with Crippen molar-refractivity contribution in [2.45, 2.75) is 19.0 Å². The molecule has 0 radical (unpaired) electrons. The van der Waals surface area contributed by atoms with E-state index in [0.717, 1.165) is 43.3 Å². The normalized spacial score (nSPS) is 20.4. The molecule has 1 fully saturated rings. The summed E-state index contributed by atoms with van der Waals surface area (Å²) in [5, 5.41) is 0. The number of benzene rings is 1. The Balaban J connectivity index is 1.70. The standard InChI is InChI=1S/C14H17N3O/c15-12-6-7-17(9-12)10-14-16-8-13(18-14)11-4-2-1-3-5-11/h1-5,8,12H,6-7,9-10,15H2. The maximum absolute atomic E-state index is 5.88. The van der Waals surface area contributed by atoms with E-state index in [9.17, 15) is 0 Å². The summed E-state index contributed by atoms with van der Waals surface area (Å²) >= 11 is 0. The van der Waals surface area contributed by atoms with Crippen LogP contribution in [0.2, 0.25) is 0 Å². The van der Waals surface area contributed by atoms with Gasteiger partial charge in [-0.25, -0.2) is 4.98 Å². The van der Waals surface area contributed by atoms with Gasteiger partial charge in [-0.2, -0.15) is 0 Å². The number of aromatic nitrogens is 1. The molecule has 0 saturated carbocycles. The molecule has 1 atom stereocenters. The second-order valence-corrected chi connectivity index (χ2v) is 4.77. The molecule has 0 amide bonds. The van der Waals surface area contributed by atoms with E-state index in [-0.39, 0.29) is 0 Å². The highest BCUT2D eigenvalue weighted by atomic mass is 16.4. The van der Waals surface area contributed by atoms with Crippen LogP contribution in [0.15, 0.2) is 40.9 Å². The summed E-state index contributed by atoms with van der Waals surface area (Å²) in [6.07, 6.45) is 2.85. The molecule has 1 unspecified atom stereocenters. The van der Waals surface area contributed by atoms with E-state index in [1.54, 1.807) is 6.20 Å². The van der Waals surface area contributed by atoms with E-state index < -0.39 is 0 Å². The van der Waals surface area contributed by atoms with Crippen LogP contribution in [-0.2, 0) is 6.54 Å². The van der Waals surface area contributed by atoms with Gasteiger partial charge < -0.3 is 10.2 Å². The molecule has 1 aliphatic heterocycles. The van der Waals surface area contributed by atoms with Crippen LogP contribution in [0.3, 0.4) is 0 Å². The van der Waals surface area contributed by atoms with Crippen molar-refractivity contribution in [3.63, 3.8) is 0 Å². The second kappa shape index (κ2) is 4.92. The average molecular weight is 243 g/mol. The number of hydrogen-bond donors (Lipinski definition) is 1. The Hall–Kier alpha value is -1.65. The summed E-state index contributed by atoms with van der Waals surface area (Å²) < 4.78 is 5.77. The number of oxazole rings is 1. The van der Waals surface area contributed by atoms with Gasteiger partial charge >= 0.3 is 0 Å². The molecule has 2 N–H and O–H groups in total. The smallest absolute Gasteiger partial charge is 0.209 e. The van der Waals surface area contributed by atoms with Gasteiger partial charge in [0.2, 0.25) is 5.89 Å². The van der Waals surface area contributed by atoms with Gasteiger partial charge in [0, 0.05) is 24.7 Å². The van der Waals surface area contributed by atoms with Crippen LogP contribution in [0.25, 0.3) is 11.3 Å². The quantitative estimate of drug-likeness (QED) is 0.894. The van der Waals surface area contributed by atoms with Crippen molar-refractivity contribution in [1.82, 2.24) is 9.88 Å². The molecule has 1 saturated heterocycles. The molecule has 2 aromatic rings. The molecule has 1 aliphatic rings. The Kier molecular flexibility index (Phi) is 3.13. The largest absolute Gasteiger partial charge is 0.439 e. The van der Waals surface area contributed by atoms with Crippen molar-refractivity contribution < 1.29 is 4.42 Å². The third-order valence-electron chi connectivity index (χ3n) is 3.28. The van der Waals surface area contributed by atoms with Crippen LogP contribution in [0.5, 0.6) is 0 Å². The zero-order chi connectivity index (χ0) is 12.4. The van der Waals surface area contributed by atoms with Gasteiger partial charge in [-0.05, 0) is 6.42 Å². The van der Waals surface area contributed by atoms with Crippen molar-refractivity contribution in [3.8, 4) is 11.3 Å². The average Bonchev–Trinajstić information content (AvgIpc) is 3.01. The SMILES string of the molecule is NC1CCN(Cc2ncc(-c3ccccc3)o2)C1. The lowest BCUT2D eigenvalue weighted by Crippen LogP contribution is -2.26. The van der Waals surface area contributed by atoms with Gasteiger partial charge in [0.25, 0.3) is 0 Å². The molecule has 18 heavy (non-hydrogen) atoms. The first kappa shape index (κ1) is 11.4. The van der Waals surface area contributed by atoms with Gasteiger partial charge in [-0.3, -0.25) is 4.90 Å². The molecule has 0 spiro atoms. The Morgan fingerprint density at radius 1 is 1.33 bits per heavy atom. The third kappa shape index (κ3) is 2.44. The van der Waals surface area contributed by atoms with E-state index in [4.69, 9.17) is 10.2 Å². The second-order valence-electron chi connectivity index (χ2n) is 4.77. The maximum atomic E-state index is 5.88. The van der Waals surface area contributed by atoms with Gasteiger partial charge in [0.15, 0.2) is 5.76 Å². The summed E-state index contributed by atoms with van der Waals surface area (Å²) in [5.41, 5.74) is 6.95. The molecule has 0 bridgehead atoms. The summed E-state index contributed by atoms with van der Waals surface area (Å²) in [4.78, 5) is 6.61. The molecular weight excluding hydrogens is 226 g/mol. The minimum atomic E-state index is 0.300. The fourth-order valence-electron chi connectivity index (χ4n) is 2.32. The molecule has 3 rings (SSSR count). The third-order valence-corrected chi connectivity index (χ3v) is 3.28. The first-order chi connectivity index (χ1) is 8.81. The van der Waals surface area contributed by atoms with Crippen molar-refractivity contribution in [3.05, 3.63) is 42.4 Å². The molecule has 1 aromatic carbocycles. The lowest BCUT2D eigenvalue weighted by atomic mass is 10.2. The first-order valence-corrected chi connectivity index (χ1v) is 6.29. The monoisotopic (exact) mass is 243 g/mol. The summed E-state index contributed by atoms with van der Waals surface area (Å²) in [5.74, 6) is 1.59. The van der Waals surface area contributed by atoms with E-state index in [0.29, 0.717) is 6.04 Å². The summed E-state index contributed by atoms with van der Waals surface area (Å²) in [7, 11) is 0. The molecular formula is C14H17N3O. The minimum absolute atomic E-state index is 0.300. The maximum Gasteiger partial charge on any atom is 0.209 e. The minimum Gasteiger partial charge on any atom is -0.439 e. The van der Waals surface area contributed by atoms with Crippen LogP contribution in [0.4, 0.5) is 0 Å². The lowest BCUT2D eigenvalue weighted by Gasteiger charge is -2.11. The van der Waals surface area contributed by atoms with E-state index in [1.807, 2.05) is 30.3 Å². The molecule has 4 heteroatoms. The van der Waals surface area contributed by atoms with Crippen LogP contribution >= 0.6 is 0 Å². The number of rotatable bonds is 3. The molecule has 94 valence electrons. The Morgan fingerprint density at radius 2 is 2.17 bits per heavy atom. The Labute approximate surface area is 106 Å². The predicted octanol–water partition coefficient (Wildman–Crippen LogP) is 1.87. The van der Waals surface area contributed by atoms with Gasteiger partial charge in [0.1, 0.15) is 0 Å². The fourth-order valence-corrected chi connectivity index (χ4v) is 2.32. The number of likely N-dealkylation sites (tertiary alicyclic amines) is 1. The van der Waals surface area contributed by atoms with Gasteiger partial charge in [-0.1, -0.05) is 30.3 Å². The van der Waals surface area contributed by atoms with Gasteiger partial charge in [-0.15, -0.1) is 0 Å². The molecule has 2 heterocycles. The topological polar surface area (TPSA) is 55.3 Å². The number of nitrogens with two attached hydrogens (primary N) is 1. The lowest BCUT2D eigenvalue weighted by molar-refractivity contribution is 0.289. The Bertz CT molecular complexity index is 509. The van der Waals surface area contributed by atoms with Crippen LogP contribution in [0.1, 0.15) is 12.3 Å². The van der Waals surface area contributed by atoms with Crippen LogP contribution in [-0.4, -0.2) is 29.0 Å². The predicted molar refractivity (Wildman–Crippen MR) is 69.8 cm³/mol. The van der Waals surface area contributed by atoms with Crippen molar-refractivity contribution in [2.24, 2.45) is 5.73 Å². The van der Waals surface area contributed by atoms with Crippen LogP contribution in [0, 0.1) is 0 Å². The van der Waals surface area contributed by atoms with E-state index in [2.05, 4.69) is 9.88 Å². The first-order valence-electron chi connectivity index (χ1n) is 6.29. The summed E-state index contributed by atoms with van der Waals surface area (Å²) in [6.45, 7) is 2.72. The number of nitrogens with zero attached hydrogens (tertiary/aromatic N) is 2. The van der Waals surface area contributed by atoms with Crippen molar-refractivity contribution in [2.75, 3.05) is 13.1 Å². The van der Waals surface area contributed by atoms with E-state index >= 15 is 0 Å². The highest BCUT2D eigenvalue weighted by molar-refractivity contribution is 5.55. The number of hydrogen-bond acceptors (Lipinski definition) is 4.